The molecule has 0 bridgehead atoms. The minimum Gasteiger partial charge on any atom is -0.351 e. The van der Waals surface area contributed by atoms with Crippen LogP contribution >= 0.6 is 0 Å². The summed E-state index contributed by atoms with van der Waals surface area (Å²) in [5, 5.41) is 3.37. The van der Waals surface area contributed by atoms with Crippen molar-refractivity contribution in [3.63, 3.8) is 0 Å². The number of carbonyl (C=O) groups is 2. The minimum absolute atomic E-state index is 0.0889. The highest BCUT2D eigenvalue weighted by Crippen LogP contribution is 2.21. The van der Waals surface area contributed by atoms with Gasteiger partial charge < -0.3 is 20.9 Å². The van der Waals surface area contributed by atoms with E-state index in [-0.39, 0.29) is 17.9 Å². The maximum absolute atomic E-state index is 12.6. The fourth-order valence-corrected chi connectivity index (χ4v) is 2.98. The number of likely N-dealkylation sites (tertiary alicyclic amines) is 1. The Labute approximate surface area is 114 Å². The van der Waals surface area contributed by atoms with Crippen molar-refractivity contribution in [3.05, 3.63) is 0 Å². The van der Waals surface area contributed by atoms with E-state index in [4.69, 9.17) is 5.73 Å². The van der Waals surface area contributed by atoms with Crippen LogP contribution in [0.1, 0.15) is 26.7 Å². The van der Waals surface area contributed by atoms with Crippen molar-refractivity contribution >= 4 is 11.9 Å². The number of nitrogens with two attached hydrogens (primary N) is 1. The highest BCUT2D eigenvalue weighted by atomic mass is 16.2. The van der Waals surface area contributed by atoms with Crippen LogP contribution in [0.5, 0.6) is 0 Å². The van der Waals surface area contributed by atoms with E-state index in [2.05, 4.69) is 19.2 Å². The first-order valence-corrected chi connectivity index (χ1v) is 7.09. The van der Waals surface area contributed by atoms with Crippen LogP contribution in [-0.4, -0.2) is 60.0 Å². The molecule has 2 aliphatic rings. The Kier molecular flexibility index (Phi) is 4.29. The van der Waals surface area contributed by atoms with Gasteiger partial charge in [-0.15, -0.1) is 0 Å². The Bertz CT molecular complexity index is 361. The summed E-state index contributed by atoms with van der Waals surface area (Å²) in [6.07, 6.45) is 1.71. The molecule has 0 radical (unpaired) electrons. The third-order valence-electron chi connectivity index (χ3n) is 4.40. The molecule has 0 aromatic rings. The molecule has 3 atom stereocenters. The third kappa shape index (κ3) is 3.00. The minimum atomic E-state index is -0.417. The van der Waals surface area contributed by atoms with Crippen LogP contribution in [0.25, 0.3) is 0 Å². The van der Waals surface area contributed by atoms with Crippen molar-refractivity contribution in [2.24, 2.45) is 11.7 Å². The van der Waals surface area contributed by atoms with E-state index in [1.165, 1.54) is 0 Å². The van der Waals surface area contributed by atoms with E-state index in [0.717, 1.165) is 25.9 Å². The summed E-state index contributed by atoms with van der Waals surface area (Å²) in [5.74, 6) is 0.0841. The quantitative estimate of drug-likeness (QED) is 0.702. The van der Waals surface area contributed by atoms with Gasteiger partial charge in [0.2, 0.25) is 5.91 Å². The molecule has 3 N–H and O–H groups in total. The van der Waals surface area contributed by atoms with E-state index in [0.29, 0.717) is 19.1 Å². The van der Waals surface area contributed by atoms with E-state index < -0.39 is 6.03 Å². The largest absolute Gasteiger partial charge is 0.351 e. The molecule has 2 aliphatic heterocycles. The second-order valence-corrected chi connectivity index (χ2v) is 5.64. The molecule has 6 nitrogen and oxygen atoms in total. The van der Waals surface area contributed by atoms with Crippen molar-refractivity contribution in [3.8, 4) is 0 Å². The molecule has 2 heterocycles. The topological polar surface area (TPSA) is 78.7 Å². The van der Waals surface area contributed by atoms with Gasteiger partial charge in [-0.25, -0.2) is 4.79 Å². The van der Waals surface area contributed by atoms with Crippen LogP contribution in [0.3, 0.4) is 0 Å². The average Bonchev–Trinajstić information content (AvgIpc) is 2.41. The van der Waals surface area contributed by atoms with Crippen LogP contribution in [0, 0.1) is 5.92 Å². The van der Waals surface area contributed by atoms with E-state index in [1.807, 2.05) is 4.90 Å². The lowest BCUT2D eigenvalue weighted by Gasteiger charge is -2.42. The first-order valence-electron chi connectivity index (χ1n) is 7.09. The molecular formula is C13H24N4O2. The van der Waals surface area contributed by atoms with E-state index in [9.17, 15) is 9.59 Å². The van der Waals surface area contributed by atoms with Crippen LogP contribution in [0.2, 0.25) is 0 Å². The molecule has 3 amide bonds. The molecule has 3 unspecified atom stereocenters. The third-order valence-corrected chi connectivity index (χ3v) is 4.40. The molecule has 0 aromatic heterocycles. The number of rotatable bonds is 1. The number of piperidine rings is 1. The molecule has 6 heteroatoms. The maximum Gasteiger partial charge on any atom is 0.314 e. The van der Waals surface area contributed by atoms with Crippen LogP contribution in [0.4, 0.5) is 4.79 Å². The molecule has 2 fully saturated rings. The van der Waals surface area contributed by atoms with Gasteiger partial charge in [0.05, 0.1) is 5.92 Å². The Morgan fingerprint density at radius 2 is 2.00 bits per heavy atom. The van der Waals surface area contributed by atoms with Crippen LogP contribution < -0.4 is 11.1 Å². The lowest BCUT2D eigenvalue weighted by Crippen LogP contribution is -2.59. The highest BCUT2D eigenvalue weighted by Gasteiger charge is 2.35. The number of urea groups is 1. The van der Waals surface area contributed by atoms with E-state index >= 15 is 0 Å². The van der Waals surface area contributed by atoms with Crippen molar-refractivity contribution in [1.82, 2.24) is 15.1 Å². The SMILES string of the molecule is CC1NCCN(C(=O)C2CCCN(C(N)=O)C2)C1C. The number of primary amides is 1. The van der Waals surface area contributed by atoms with Crippen LogP contribution in [0.15, 0.2) is 0 Å². The predicted octanol–water partition coefficient (Wildman–Crippen LogP) is -0.0141. The van der Waals surface area contributed by atoms with Gasteiger partial charge in [0.15, 0.2) is 0 Å². The molecule has 0 spiro atoms. The van der Waals surface area contributed by atoms with E-state index in [1.54, 1.807) is 4.90 Å². The van der Waals surface area contributed by atoms with Gasteiger partial charge in [0.1, 0.15) is 0 Å². The maximum atomic E-state index is 12.6. The van der Waals surface area contributed by atoms with Crippen molar-refractivity contribution in [1.29, 1.82) is 0 Å². The van der Waals surface area contributed by atoms with Gasteiger partial charge in [-0.3, -0.25) is 4.79 Å². The molecule has 0 saturated carbocycles. The van der Waals surface area contributed by atoms with Gasteiger partial charge in [0.25, 0.3) is 0 Å². The number of amides is 3. The van der Waals surface area contributed by atoms with Crippen LogP contribution in [-0.2, 0) is 4.79 Å². The first-order chi connectivity index (χ1) is 9.00. The Hall–Kier alpha value is -1.30. The Morgan fingerprint density at radius 3 is 2.68 bits per heavy atom. The lowest BCUT2D eigenvalue weighted by molar-refractivity contribution is -0.140. The summed E-state index contributed by atoms with van der Waals surface area (Å²) in [6, 6.07) is 0.0953. The molecule has 0 aliphatic carbocycles. The molecular weight excluding hydrogens is 244 g/mol. The van der Waals surface area contributed by atoms with Crippen molar-refractivity contribution < 1.29 is 9.59 Å². The standard InChI is InChI=1S/C13H24N4O2/c1-9-10(2)17(7-5-15-9)12(18)11-4-3-6-16(8-11)13(14)19/h9-11,15H,3-8H2,1-2H3,(H2,14,19). The van der Waals surface area contributed by atoms with Gasteiger partial charge in [-0.2, -0.15) is 0 Å². The lowest BCUT2D eigenvalue weighted by atomic mass is 9.95. The number of piperazine rings is 1. The van der Waals surface area contributed by atoms with Gasteiger partial charge in [0, 0.05) is 38.3 Å². The molecule has 108 valence electrons. The second-order valence-electron chi connectivity index (χ2n) is 5.64. The summed E-state index contributed by atoms with van der Waals surface area (Å²) < 4.78 is 0. The fourth-order valence-electron chi connectivity index (χ4n) is 2.98. The zero-order valence-corrected chi connectivity index (χ0v) is 11.8. The highest BCUT2D eigenvalue weighted by molar-refractivity contribution is 5.81. The summed E-state index contributed by atoms with van der Waals surface area (Å²) in [5.41, 5.74) is 5.31. The number of carbonyl (C=O) groups excluding carboxylic acids is 2. The monoisotopic (exact) mass is 268 g/mol. The fraction of sp³-hybridized carbons (Fsp3) is 0.846. The summed E-state index contributed by atoms with van der Waals surface area (Å²) in [4.78, 5) is 27.4. The first kappa shape index (κ1) is 14.1. The number of nitrogens with one attached hydrogen (secondary N) is 1. The summed E-state index contributed by atoms with van der Waals surface area (Å²) in [6.45, 7) is 6.90. The number of nitrogens with zero attached hydrogens (tertiary/aromatic N) is 2. The zero-order chi connectivity index (χ0) is 14.0. The normalized spacial score (nSPS) is 32.2. The summed E-state index contributed by atoms with van der Waals surface area (Å²) >= 11 is 0. The summed E-state index contributed by atoms with van der Waals surface area (Å²) in [7, 11) is 0. The average molecular weight is 268 g/mol. The number of hydrogen-bond acceptors (Lipinski definition) is 3. The Morgan fingerprint density at radius 1 is 1.26 bits per heavy atom. The van der Waals surface area contributed by atoms with Gasteiger partial charge in [-0.05, 0) is 26.7 Å². The van der Waals surface area contributed by atoms with Crippen molar-refractivity contribution in [2.75, 3.05) is 26.2 Å². The molecule has 19 heavy (non-hydrogen) atoms. The smallest absolute Gasteiger partial charge is 0.314 e. The molecule has 2 rings (SSSR count). The van der Waals surface area contributed by atoms with Gasteiger partial charge in [-0.1, -0.05) is 0 Å². The Balaban J connectivity index is 2.00. The molecule has 2 saturated heterocycles. The second kappa shape index (κ2) is 5.77. The van der Waals surface area contributed by atoms with Crippen molar-refractivity contribution in [2.45, 2.75) is 38.8 Å². The predicted molar refractivity (Wildman–Crippen MR) is 72.5 cm³/mol. The molecule has 0 aromatic carbocycles. The van der Waals surface area contributed by atoms with Gasteiger partial charge >= 0.3 is 6.03 Å². The number of hydrogen-bond donors (Lipinski definition) is 2. The zero-order valence-electron chi connectivity index (χ0n) is 11.8.